The van der Waals surface area contributed by atoms with Crippen molar-refractivity contribution in [3.8, 4) is 0 Å². The summed E-state index contributed by atoms with van der Waals surface area (Å²) in [4.78, 5) is 35.9. The van der Waals surface area contributed by atoms with Gasteiger partial charge in [-0.25, -0.2) is 0 Å². The number of rotatable bonds is 6. The third kappa shape index (κ3) is 3.57. The normalized spacial score (nSPS) is 26.4. The Morgan fingerprint density at radius 3 is 2.36 bits per heavy atom. The maximum atomic E-state index is 12.7. The Morgan fingerprint density at radius 1 is 1.08 bits per heavy atom. The van der Waals surface area contributed by atoms with Gasteiger partial charge < -0.3 is 15.7 Å². The minimum absolute atomic E-state index is 0.0152. The second kappa shape index (κ2) is 7.09. The number of hydrogen-bond donors (Lipinski definition) is 3. The number of amides is 2. The zero-order valence-corrected chi connectivity index (χ0v) is 14.1. The Balaban J connectivity index is 1.70. The SMILES string of the molecule is CCCC(=O)Nc1cccc(NC(=O)[C@@H]2[C@H](C(=O)O)[C@H]3C=C[C@H]2C3)c1. The van der Waals surface area contributed by atoms with Gasteiger partial charge in [0.25, 0.3) is 0 Å². The molecule has 1 saturated carbocycles. The quantitative estimate of drug-likeness (QED) is 0.693. The van der Waals surface area contributed by atoms with Crippen LogP contribution in [0.25, 0.3) is 0 Å². The van der Waals surface area contributed by atoms with Crippen LogP contribution in [0.5, 0.6) is 0 Å². The summed E-state index contributed by atoms with van der Waals surface area (Å²) in [6.45, 7) is 1.93. The van der Waals surface area contributed by atoms with Crippen LogP contribution in [0.2, 0.25) is 0 Å². The zero-order valence-electron chi connectivity index (χ0n) is 14.1. The summed E-state index contributed by atoms with van der Waals surface area (Å²) in [5.74, 6) is -2.56. The molecule has 2 bridgehead atoms. The number of carbonyl (C=O) groups excluding carboxylic acids is 2. The van der Waals surface area contributed by atoms with E-state index in [9.17, 15) is 19.5 Å². The largest absolute Gasteiger partial charge is 0.481 e. The first-order valence-corrected chi connectivity index (χ1v) is 8.61. The fraction of sp³-hybridized carbons (Fsp3) is 0.421. The van der Waals surface area contributed by atoms with Crippen LogP contribution in [0, 0.1) is 23.7 Å². The van der Waals surface area contributed by atoms with E-state index in [0.717, 1.165) is 12.8 Å². The first kappa shape index (κ1) is 17.2. The molecule has 4 atom stereocenters. The van der Waals surface area contributed by atoms with E-state index in [1.807, 2.05) is 19.1 Å². The highest BCUT2D eigenvalue weighted by atomic mass is 16.4. The number of benzene rings is 1. The fourth-order valence-corrected chi connectivity index (χ4v) is 3.87. The van der Waals surface area contributed by atoms with Gasteiger partial charge >= 0.3 is 5.97 Å². The molecule has 2 aliphatic rings. The van der Waals surface area contributed by atoms with Gasteiger partial charge in [0.05, 0.1) is 11.8 Å². The summed E-state index contributed by atoms with van der Waals surface area (Å²) < 4.78 is 0. The molecule has 2 amide bonds. The van der Waals surface area contributed by atoms with Gasteiger partial charge in [0.1, 0.15) is 0 Å². The highest BCUT2D eigenvalue weighted by Crippen LogP contribution is 2.48. The average Bonchev–Trinajstić information content (AvgIpc) is 3.16. The average molecular weight is 342 g/mol. The molecule has 1 fully saturated rings. The minimum atomic E-state index is -0.919. The van der Waals surface area contributed by atoms with Crippen LogP contribution in [-0.4, -0.2) is 22.9 Å². The van der Waals surface area contributed by atoms with Crippen LogP contribution >= 0.6 is 0 Å². The zero-order chi connectivity index (χ0) is 18.0. The second-order valence-electron chi connectivity index (χ2n) is 6.71. The third-order valence-electron chi connectivity index (χ3n) is 4.94. The van der Waals surface area contributed by atoms with Gasteiger partial charge in [-0.2, -0.15) is 0 Å². The highest BCUT2D eigenvalue weighted by Gasteiger charge is 2.51. The van der Waals surface area contributed by atoms with Crippen molar-refractivity contribution < 1.29 is 19.5 Å². The van der Waals surface area contributed by atoms with E-state index in [4.69, 9.17) is 0 Å². The van der Waals surface area contributed by atoms with Crippen molar-refractivity contribution in [2.24, 2.45) is 23.7 Å². The first-order chi connectivity index (χ1) is 12.0. The van der Waals surface area contributed by atoms with Crippen LogP contribution in [0.15, 0.2) is 36.4 Å². The van der Waals surface area contributed by atoms with Gasteiger partial charge in [-0.05, 0) is 42.9 Å². The number of nitrogens with one attached hydrogen (secondary N) is 2. The number of carboxylic acid groups (broad SMARTS) is 1. The second-order valence-corrected chi connectivity index (χ2v) is 6.71. The van der Waals surface area contributed by atoms with Gasteiger partial charge in [-0.3, -0.25) is 14.4 Å². The van der Waals surface area contributed by atoms with Crippen LogP contribution in [-0.2, 0) is 14.4 Å². The summed E-state index contributed by atoms with van der Waals surface area (Å²) in [7, 11) is 0. The third-order valence-corrected chi connectivity index (χ3v) is 4.94. The summed E-state index contributed by atoms with van der Waals surface area (Å²) >= 11 is 0. The van der Waals surface area contributed by atoms with Gasteiger partial charge in [-0.15, -0.1) is 0 Å². The molecular formula is C19H22N2O4. The molecule has 1 aromatic carbocycles. The lowest BCUT2D eigenvalue weighted by Crippen LogP contribution is -2.36. The molecule has 0 radical (unpaired) electrons. The van der Waals surface area contributed by atoms with Crippen molar-refractivity contribution in [2.45, 2.75) is 26.2 Å². The van der Waals surface area contributed by atoms with Crippen LogP contribution in [0.1, 0.15) is 26.2 Å². The maximum Gasteiger partial charge on any atom is 0.307 e. The van der Waals surface area contributed by atoms with Crippen molar-refractivity contribution in [1.82, 2.24) is 0 Å². The van der Waals surface area contributed by atoms with Crippen molar-refractivity contribution in [2.75, 3.05) is 10.6 Å². The summed E-state index contributed by atoms with van der Waals surface area (Å²) in [5, 5.41) is 15.0. The fourth-order valence-electron chi connectivity index (χ4n) is 3.87. The monoisotopic (exact) mass is 342 g/mol. The molecule has 132 valence electrons. The molecular weight excluding hydrogens is 320 g/mol. The lowest BCUT2D eigenvalue weighted by atomic mass is 9.82. The molecule has 0 aliphatic heterocycles. The van der Waals surface area contributed by atoms with Crippen LogP contribution in [0.3, 0.4) is 0 Å². The molecule has 1 aromatic rings. The van der Waals surface area contributed by atoms with E-state index in [2.05, 4.69) is 10.6 Å². The van der Waals surface area contributed by atoms with E-state index in [0.29, 0.717) is 17.8 Å². The number of anilines is 2. The Hall–Kier alpha value is -2.63. The minimum Gasteiger partial charge on any atom is -0.481 e. The van der Waals surface area contributed by atoms with Crippen LogP contribution < -0.4 is 10.6 Å². The number of carbonyl (C=O) groups is 3. The number of fused-ring (bicyclic) bond motifs is 2. The molecule has 0 aromatic heterocycles. The standard InChI is InChI=1S/C19H22N2O4/c1-2-4-15(22)20-13-5-3-6-14(10-13)21-18(23)16-11-7-8-12(9-11)17(16)19(24)25/h3,5-8,10-12,16-17H,2,4,9H2,1H3,(H,20,22)(H,21,23)(H,24,25)/t11-,12-,16-,17+/m0/s1. The molecule has 0 saturated heterocycles. The lowest BCUT2D eigenvalue weighted by molar-refractivity contribution is -0.146. The number of allylic oxidation sites excluding steroid dienone is 2. The maximum absolute atomic E-state index is 12.7. The van der Waals surface area contributed by atoms with E-state index in [1.165, 1.54) is 0 Å². The van der Waals surface area contributed by atoms with Gasteiger partial charge in [0.15, 0.2) is 0 Å². The van der Waals surface area contributed by atoms with Crippen LogP contribution in [0.4, 0.5) is 11.4 Å². The Labute approximate surface area is 146 Å². The summed E-state index contributed by atoms with van der Waals surface area (Å²) in [5.41, 5.74) is 1.16. The number of hydrogen-bond acceptors (Lipinski definition) is 3. The van der Waals surface area contributed by atoms with Crippen molar-refractivity contribution >= 4 is 29.2 Å². The Morgan fingerprint density at radius 2 is 1.72 bits per heavy atom. The molecule has 2 aliphatic carbocycles. The smallest absolute Gasteiger partial charge is 0.307 e. The van der Waals surface area contributed by atoms with E-state index < -0.39 is 17.8 Å². The van der Waals surface area contributed by atoms with Gasteiger partial charge in [0.2, 0.25) is 11.8 Å². The first-order valence-electron chi connectivity index (χ1n) is 8.61. The number of aliphatic carboxylic acids is 1. The molecule has 6 heteroatoms. The summed E-state index contributed by atoms with van der Waals surface area (Å²) in [6.07, 6.45) is 5.79. The molecule has 25 heavy (non-hydrogen) atoms. The van der Waals surface area contributed by atoms with E-state index in [1.54, 1.807) is 24.3 Å². The molecule has 0 unspecified atom stereocenters. The molecule has 0 spiro atoms. The molecule has 0 heterocycles. The Bertz CT molecular complexity index is 728. The van der Waals surface area contributed by atoms with Gasteiger partial charge in [0, 0.05) is 17.8 Å². The van der Waals surface area contributed by atoms with E-state index >= 15 is 0 Å². The van der Waals surface area contributed by atoms with Crippen molar-refractivity contribution in [3.63, 3.8) is 0 Å². The van der Waals surface area contributed by atoms with Gasteiger partial charge in [-0.1, -0.05) is 25.1 Å². The van der Waals surface area contributed by atoms with Crippen molar-refractivity contribution in [3.05, 3.63) is 36.4 Å². The lowest BCUT2D eigenvalue weighted by Gasteiger charge is -2.24. The topological polar surface area (TPSA) is 95.5 Å². The Kier molecular flexibility index (Phi) is 4.88. The molecule has 3 rings (SSSR count). The predicted molar refractivity (Wildman–Crippen MR) is 94.0 cm³/mol. The molecule has 3 N–H and O–H groups in total. The summed E-state index contributed by atoms with van der Waals surface area (Å²) in [6, 6.07) is 6.91. The predicted octanol–water partition coefficient (Wildman–Crippen LogP) is 2.89. The van der Waals surface area contributed by atoms with E-state index in [-0.39, 0.29) is 23.7 Å². The highest BCUT2D eigenvalue weighted by molar-refractivity contribution is 5.97. The molecule has 6 nitrogen and oxygen atoms in total. The van der Waals surface area contributed by atoms with Crippen molar-refractivity contribution in [1.29, 1.82) is 0 Å². The number of carboxylic acids is 1.